The molecule has 0 aromatic carbocycles. The van der Waals surface area contributed by atoms with Crippen LogP contribution in [-0.2, 0) is 4.79 Å². The van der Waals surface area contributed by atoms with E-state index in [2.05, 4.69) is 22.5 Å². The molecular weight excluding hydrogens is 142 g/mol. The molecule has 0 bridgehead atoms. The largest absolute Gasteiger partial charge is 0.332 e. The van der Waals surface area contributed by atoms with Crippen molar-refractivity contribution in [3.05, 3.63) is 12.8 Å². The summed E-state index contributed by atoms with van der Waals surface area (Å²) < 4.78 is 0. The van der Waals surface area contributed by atoms with E-state index in [9.17, 15) is 4.79 Å². The van der Waals surface area contributed by atoms with Gasteiger partial charge in [0.05, 0.1) is 6.04 Å². The monoisotopic (exact) mass is 155 g/mol. The van der Waals surface area contributed by atoms with Crippen molar-refractivity contribution in [1.82, 2.24) is 16.0 Å². The minimum absolute atomic E-state index is 0.0211. The first-order valence-corrected chi connectivity index (χ1v) is 3.70. The Morgan fingerprint density at radius 3 is 3.00 bits per heavy atom. The van der Waals surface area contributed by atoms with E-state index in [0.29, 0.717) is 6.54 Å². The van der Waals surface area contributed by atoms with Gasteiger partial charge in [0.2, 0.25) is 5.91 Å². The summed E-state index contributed by atoms with van der Waals surface area (Å²) in [4.78, 5) is 11.1. The Morgan fingerprint density at radius 2 is 2.45 bits per heavy atom. The Bertz CT molecular complexity index is 152. The Balaban J connectivity index is 2.32. The van der Waals surface area contributed by atoms with E-state index in [4.69, 9.17) is 0 Å². The molecule has 0 aromatic rings. The van der Waals surface area contributed by atoms with Gasteiger partial charge in [0.1, 0.15) is 0 Å². The normalized spacial score (nSPS) is 24.2. The highest BCUT2D eigenvalue weighted by molar-refractivity contribution is 5.82. The molecule has 1 heterocycles. The maximum atomic E-state index is 11.1. The standard InChI is InChI=1S/C7H13N3O/c1-2-9-7(11)6-5-8-3-4-10-6/h2,6,8,10H,1,3-5H2,(H,9,11). The third-order valence-corrected chi connectivity index (χ3v) is 1.60. The van der Waals surface area contributed by atoms with Crippen molar-refractivity contribution in [3.8, 4) is 0 Å². The first-order valence-electron chi connectivity index (χ1n) is 3.70. The SMILES string of the molecule is C=CNC(=O)C1CNCCN1. The van der Waals surface area contributed by atoms with Crippen molar-refractivity contribution in [2.45, 2.75) is 6.04 Å². The van der Waals surface area contributed by atoms with Gasteiger partial charge in [-0.1, -0.05) is 6.58 Å². The predicted molar refractivity (Wildman–Crippen MR) is 43.0 cm³/mol. The summed E-state index contributed by atoms with van der Waals surface area (Å²) in [5, 5.41) is 8.74. The third-order valence-electron chi connectivity index (χ3n) is 1.60. The second kappa shape index (κ2) is 4.10. The van der Waals surface area contributed by atoms with Crippen LogP contribution in [0.5, 0.6) is 0 Å². The first kappa shape index (κ1) is 8.23. The number of rotatable bonds is 2. The molecule has 0 aliphatic carbocycles. The van der Waals surface area contributed by atoms with E-state index in [-0.39, 0.29) is 11.9 Å². The van der Waals surface area contributed by atoms with Crippen LogP contribution >= 0.6 is 0 Å². The number of nitrogens with one attached hydrogen (secondary N) is 3. The van der Waals surface area contributed by atoms with Crippen molar-refractivity contribution >= 4 is 5.91 Å². The van der Waals surface area contributed by atoms with Gasteiger partial charge in [-0.15, -0.1) is 0 Å². The van der Waals surface area contributed by atoms with Gasteiger partial charge in [0.15, 0.2) is 0 Å². The van der Waals surface area contributed by atoms with Crippen LogP contribution in [0.15, 0.2) is 12.8 Å². The lowest BCUT2D eigenvalue weighted by Gasteiger charge is -2.22. The van der Waals surface area contributed by atoms with Gasteiger partial charge in [-0.05, 0) is 6.20 Å². The molecule has 1 aliphatic heterocycles. The van der Waals surface area contributed by atoms with Crippen LogP contribution in [0.2, 0.25) is 0 Å². The lowest BCUT2D eigenvalue weighted by Crippen LogP contribution is -2.54. The molecule has 11 heavy (non-hydrogen) atoms. The van der Waals surface area contributed by atoms with Crippen molar-refractivity contribution in [3.63, 3.8) is 0 Å². The summed E-state index contributed by atoms with van der Waals surface area (Å²) in [6.45, 7) is 5.88. The third kappa shape index (κ3) is 2.32. The highest BCUT2D eigenvalue weighted by atomic mass is 16.2. The molecule has 0 spiro atoms. The molecule has 1 aliphatic rings. The fourth-order valence-corrected chi connectivity index (χ4v) is 1.04. The van der Waals surface area contributed by atoms with Gasteiger partial charge in [0.25, 0.3) is 0 Å². The Labute approximate surface area is 66.0 Å². The van der Waals surface area contributed by atoms with Gasteiger partial charge in [-0.3, -0.25) is 4.79 Å². The fourth-order valence-electron chi connectivity index (χ4n) is 1.04. The maximum absolute atomic E-state index is 11.1. The van der Waals surface area contributed by atoms with E-state index in [1.807, 2.05) is 0 Å². The Morgan fingerprint density at radius 1 is 1.64 bits per heavy atom. The molecule has 0 radical (unpaired) electrons. The van der Waals surface area contributed by atoms with E-state index in [0.717, 1.165) is 13.1 Å². The second-order valence-electron chi connectivity index (χ2n) is 2.42. The van der Waals surface area contributed by atoms with Crippen LogP contribution in [0.25, 0.3) is 0 Å². The molecule has 4 heteroatoms. The molecule has 1 amide bonds. The van der Waals surface area contributed by atoms with Gasteiger partial charge < -0.3 is 16.0 Å². The molecule has 1 fully saturated rings. The number of hydrogen-bond acceptors (Lipinski definition) is 3. The number of carbonyl (C=O) groups excluding carboxylic acids is 1. The van der Waals surface area contributed by atoms with Crippen molar-refractivity contribution < 1.29 is 4.79 Å². The summed E-state index contributed by atoms with van der Waals surface area (Å²) in [5.74, 6) is -0.0211. The average molecular weight is 155 g/mol. The first-order chi connectivity index (χ1) is 5.34. The summed E-state index contributed by atoms with van der Waals surface area (Å²) >= 11 is 0. The molecule has 62 valence electrons. The van der Waals surface area contributed by atoms with Crippen LogP contribution in [0.3, 0.4) is 0 Å². The Kier molecular flexibility index (Phi) is 3.07. The summed E-state index contributed by atoms with van der Waals surface area (Å²) in [6, 6.07) is -0.109. The Hall–Kier alpha value is -0.870. The molecular formula is C7H13N3O. The van der Waals surface area contributed by atoms with Gasteiger partial charge in [0, 0.05) is 19.6 Å². The van der Waals surface area contributed by atoms with Crippen LogP contribution < -0.4 is 16.0 Å². The highest BCUT2D eigenvalue weighted by Gasteiger charge is 2.18. The van der Waals surface area contributed by atoms with Crippen molar-refractivity contribution in [1.29, 1.82) is 0 Å². The molecule has 1 unspecified atom stereocenters. The topological polar surface area (TPSA) is 53.2 Å². The summed E-state index contributed by atoms with van der Waals surface area (Å²) in [5.41, 5.74) is 0. The van der Waals surface area contributed by atoms with E-state index in [1.54, 1.807) is 0 Å². The van der Waals surface area contributed by atoms with Gasteiger partial charge >= 0.3 is 0 Å². The van der Waals surface area contributed by atoms with Crippen molar-refractivity contribution in [2.24, 2.45) is 0 Å². The number of hydrogen-bond donors (Lipinski definition) is 3. The molecule has 1 atom stereocenters. The lowest BCUT2D eigenvalue weighted by molar-refractivity contribution is -0.122. The quantitative estimate of drug-likeness (QED) is 0.470. The minimum atomic E-state index is -0.109. The highest BCUT2D eigenvalue weighted by Crippen LogP contribution is 1.86. The van der Waals surface area contributed by atoms with Crippen LogP contribution in [0.1, 0.15) is 0 Å². The van der Waals surface area contributed by atoms with Gasteiger partial charge in [-0.25, -0.2) is 0 Å². The summed E-state index contributed by atoms with van der Waals surface area (Å²) in [7, 11) is 0. The van der Waals surface area contributed by atoms with Crippen LogP contribution in [0, 0.1) is 0 Å². The van der Waals surface area contributed by atoms with Crippen LogP contribution in [0.4, 0.5) is 0 Å². The van der Waals surface area contributed by atoms with Crippen LogP contribution in [-0.4, -0.2) is 31.6 Å². The molecule has 0 saturated carbocycles. The maximum Gasteiger partial charge on any atom is 0.242 e. The lowest BCUT2D eigenvalue weighted by atomic mass is 10.2. The molecule has 4 nitrogen and oxygen atoms in total. The number of piperazine rings is 1. The zero-order valence-electron chi connectivity index (χ0n) is 6.39. The fraction of sp³-hybridized carbons (Fsp3) is 0.571. The molecule has 0 aromatic heterocycles. The average Bonchev–Trinajstić information content (AvgIpc) is 2.07. The zero-order chi connectivity index (χ0) is 8.10. The number of carbonyl (C=O) groups is 1. The van der Waals surface area contributed by atoms with E-state index >= 15 is 0 Å². The predicted octanol–water partition coefficient (Wildman–Crippen LogP) is -1.19. The van der Waals surface area contributed by atoms with E-state index < -0.39 is 0 Å². The molecule has 1 saturated heterocycles. The molecule has 1 rings (SSSR count). The molecule has 3 N–H and O–H groups in total. The number of amides is 1. The summed E-state index contributed by atoms with van der Waals surface area (Å²) in [6.07, 6.45) is 1.40. The van der Waals surface area contributed by atoms with Crippen molar-refractivity contribution in [2.75, 3.05) is 19.6 Å². The van der Waals surface area contributed by atoms with Gasteiger partial charge in [-0.2, -0.15) is 0 Å². The smallest absolute Gasteiger partial charge is 0.242 e. The minimum Gasteiger partial charge on any atom is -0.332 e. The zero-order valence-corrected chi connectivity index (χ0v) is 6.39. The van der Waals surface area contributed by atoms with E-state index in [1.165, 1.54) is 6.20 Å². The second-order valence-corrected chi connectivity index (χ2v) is 2.42.